The van der Waals surface area contributed by atoms with Crippen molar-refractivity contribution in [2.24, 2.45) is 12.8 Å². The number of carbonyl (C=O) groups is 3. The van der Waals surface area contributed by atoms with Gasteiger partial charge in [0.25, 0.3) is 11.8 Å². The quantitative estimate of drug-likeness (QED) is 0.248. The van der Waals surface area contributed by atoms with E-state index in [1.807, 2.05) is 41.3 Å². The second kappa shape index (κ2) is 12.7. The third-order valence-electron chi connectivity index (χ3n) is 8.56. The number of unbranched alkanes of at least 4 members (excludes halogenated alkanes) is 1. The average molecular weight is 630 g/mol. The van der Waals surface area contributed by atoms with E-state index in [-0.39, 0.29) is 36.0 Å². The van der Waals surface area contributed by atoms with Crippen LogP contribution in [0.25, 0.3) is 22.5 Å². The number of likely N-dealkylation sites (tertiary alicyclic amines) is 1. The highest BCUT2D eigenvalue weighted by Crippen LogP contribution is 2.35. The van der Waals surface area contributed by atoms with Crippen LogP contribution in [-0.4, -0.2) is 74.0 Å². The third kappa shape index (κ3) is 5.83. The maximum absolute atomic E-state index is 14.4. The Balaban J connectivity index is 1.20. The summed E-state index contributed by atoms with van der Waals surface area (Å²) in [4.78, 5) is 46.1. The molecule has 0 radical (unpaired) electrons. The molecule has 4 aromatic rings. The Hall–Kier alpha value is -5.10. The van der Waals surface area contributed by atoms with Crippen molar-refractivity contribution in [2.45, 2.75) is 38.0 Å². The Labute approximate surface area is 264 Å². The molecule has 3 N–H and O–H groups in total. The Morgan fingerprint density at radius 3 is 2.59 bits per heavy atom. The average Bonchev–Trinajstić information content (AvgIpc) is 3.72. The highest BCUT2D eigenvalue weighted by Gasteiger charge is 2.42. The van der Waals surface area contributed by atoms with E-state index < -0.39 is 35.7 Å². The summed E-state index contributed by atoms with van der Waals surface area (Å²) in [6.07, 6.45) is 2.36. The topological polar surface area (TPSA) is 131 Å². The van der Waals surface area contributed by atoms with Gasteiger partial charge in [0.1, 0.15) is 41.0 Å². The lowest BCUT2D eigenvalue weighted by molar-refractivity contribution is -0.141. The van der Waals surface area contributed by atoms with Gasteiger partial charge in [0, 0.05) is 38.2 Å². The zero-order chi connectivity index (χ0) is 32.5. The van der Waals surface area contributed by atoms with Crippen molar-refractivity contribution in [3.8, 4) is 28.3 Å². The van der Waals surface area contributed by atoms with Crippen molar-refractivity contribution in [2.75, 3.05) is 19.6 Å². The van der Waals surface area contributed by atoms with Crippen molar-refractivity contribution in [1.29, 1.82) is 0 Å². The number of fused-ring (bicyclic) bond motifs is 1. The molecule has 1 saturated heterocycles. The second-order valence-corrected chi connectivity index (χ2v) is 11.5. The third-order valence-corrected chi connectivity index (χ3v) is 8.56. The minimum atomic E-state index is -1.18. The highest BCUT2D eigenvalue weighted by molar-refractivity contribution is 6.00. The second-order valence-electron chi connectivity index (χ2n) is 11.5. The molecule has 2 aliphatic heterocycles. The molecular weight excluding hydrogens is 596 g/mol. The van der Waals surface area contributed by atoms with E-state index in [0.717, 1.165) is 41.7 Å². The molecular formula is C34H33F2N5O5. The number of rotatable bonds is 10. The molecule has 2 aliphatic rings. The Kier molecular flexibility index (Phi) is 8.55. The van der Waals surface area contributed by atoms with Crippen molar-refractivity contribution < 1.29 is 33.0 Å². The van der Waals surface area contributed by atoms with Gasteiger partial charge in [-0.15, -0.1) is 0 Å². The molecule has 3 heterocycles. The summed E-state index contributed by atoms with van der Waals surface area (Å²) in [6, 6.07) is 14.9. The van der Waals surface area contributed by atoms with Crippen LogP contribution in [0.2, 0.25) is 0 Å². The number of carboxylic acids is 1. The van der Waals surface area contributed by atoms with Crippen molar-refractivity contribution in [3.05, 3.63) is 95.3 Å². The van der Waals surface area contributed by atoms with Crippen molar-refractivity contribution in [3.63, 3.8) is 0 Å². The molecule has 6 rings (SSSR count). The lowest BCUT2D eigenvalue weighted by Crippen LogP contribution is -2.41. The molecule has 2 amide bonds. The number of aromatic nitrogens is 2. The maximum atomic E-state index is 14.4. The fourth-order valence-electron chi connectivity index (χ4n) is 6.24. The number of carbonyl (C=O) groups excluding carboxylic acids is 2. The van der Waals surface area contributed by atoms with Crippen LogP contribution in [0.1, 0.15) is 45.7 Å². The minimum absolute atomic E-state index is 0.0000426. The lowest BCUT2D eigenvalue weighted by atomic mass is 9.97. The number of ether oxygens (including phenoxy) is 1. The molecule has 0 aliphatic carbocycles. The van der Waals surface area contributed by atoms with Gasteiger partial charge < -0.3 is 29.9 Å². The number of imidazole rings is 1. The van der Waals surface area contributed by atoms with Crippen molar-refractivity contribution >= 4 is 17.8 Å². The highest BCUT2D eigenvalue weighted by atomic mass is 19.1. The van der Waals surface area contributed by atoms with E-state index in [0.29, 0.717) is 30.9 Å². The van der Waals surface area contributed by atoms with E-state index in [1.54, 1.807) is 6.07 Å². The lowest BCUT2D eigenvalue weighted by Gasteiger charge is -2.21. The van der Waals surface area contributed by atoms with Crippen molar-refractivity contribution in [1.82, 2.24) is 19.4 Å². The largest absolute Gasteiger partial charge is 0.488 e. The molecule has 0 spiro atoms. The number of halogens is 2. The molecule has 3 aromatic carbocycles. The number of nitrogens with two attached hydrogens (primary N) is 1. The number of nitrogens with zero attached hydrogens (tertiary/aromatic N) is 4. The fourth-order valence-corrected chi connectivity index (χ4v) is 6.24. The summed E-state index contributed by atoms with van der Waals surface area (Å²) in [5, 5.41) is 9.98. The van der Waals surface area contributed by atoms with Gasteiger partial charge in [-0.25, -0.2) is 18.6 Å². The van der Waals surface area contributed by atoms with Gasteiger partial charge in [0.2, 0.25) is 0 Å². The summed E-state index contributed by atoms with van der Waals surface area (Å²) in [7, 11) is 1.51. The first-order valence-electron chi connectivity index (χ1n) is 15.1. The number of carboxylic acid groups (broad SMARTS) is 1. The van der Waals surface area contributed by atoms with Crippen LogP contribution >= 0.6 is 0 Å². The summed E-state index contributed by atoms with van der Waals surface area (Å²) in [5.74, 6) is -2.76. The molecule has 46 heavy (non-hydrogen) atoms. The number of aliphatic carboxylic acids is 1. The van der Waals surface area contributed by atoms with E-state index in [2.05, 4.69) is 4.98 Å². The normalized spacial score (nSPS) is 17.4. The van der Waals surface area contributed by atoms with Crippen LogP contribution in [0, 0.1) is 11.6 Å². The summed E-state index contributed by atoms with van der Waals surface area (Å²) in [6.45, 7) is 1.72. The van der Waals surface area contributed by atoms with Crippen LogP contribution in [-0.2, 0) is 18.4 Å². The summed E-state index contributed by atoms with van der Waals surface area (Å²) in [5.41, 5.74) is 9.06. The summed E-state index contributed by atoms with van der Waals surface area (Å²) >= 11 is 0. The fraction of sp³-hybridized carbons (Fsp3) is 0.294. The summed E-state index contributed by atoms with van der Waals surface area (Å²) < 4.78 is 35.5. The zero-order valence-electron chi connectivity index (χ0n) is 25.2. The number of hydrogen-bond acceptors (Lipinski definition) is 6. The molecule has 2 atom stereocenters. The molecule has 238 valence electrons. The van der Waals surface area contributed by atoms with E-state index in [4.69, 9.17) is 10.5 Å². The number of amides is 2. The van der Waals surface area contributed by atoms with Gasteiger partial charge in [0.05, 0.1) is 18.3 Å². The molecule has 0 saturated carbocycles. The zero-order valence-corrected chi connectivity index (χ0v) is 25.2. The van der Waals surface area contributed by atoms with Gasteiger partial charge in [-0.05, 0) is 66.4 Å². The minimum Gasteiger partial charge on any atom is -0.488 e. The van der Waals surface area contributed by atoms with Gasteiger partial charge in [-0.2, -0.15) is 0 Å². The van der Waals surface area contributed by atoms with E-state index >= 15 is 0 Å². The van der Waals surface area contributed by atoms with Gasteiger partial charge >= 0.3 is 5.97 Å². The molecule has 0 unspecified atom stereocenters. The standard InChI is InChI=1S/C34H33F2N5O5/c1-39-30(17-38-31(39)26-11-10-21(35)15-28(26)36)33(43)41-18-23(16-29(41)34(44)45)46-22-7-4-6-20(14-22)24-8-5-9-25-27(24)19-40(32(25)42)13-3-2-12-37/h4-11,14-15,17,23,29H,2-3,12-13,16,18-19,37H2,1H3,(H,44,45)/t23-,29-/m0/s1. The SMILES string of the molecule is Cn1c(C(=O)N2C[C@@H](Oc3cccc(-c4cccc5c4CN(CCCCN)C5=O)c3)C[C@H]2C(=O)O)cnc1-c1ccc(F)cc1F. The molecule has 0 bridgehead atoms. The van der Waals surface area contributed by atoms with Gasteiger partial charge in [-0.1, -0.05) is 24.3 Å². The van der Waals surface area contributed by atoms with Crippen LogP contribution in [0.5, 0.6) is 5.75 Å². The molecule has 10 nitrogen and oxygen atoms in total. The number of benzene rings is 3. The van der Waals surface area contributed by atoms with Crippen LogP contribution in [0.15, 0.2) is 66.9 Å². The van der Waals surface area contributed by atoms with Crippen LogP contribution in [0.4, 0.5) is 8.78 Å². The van der Waals surface area contributed by atoms with Crippen LogP contribution in [0.3, 0.4) is 0 Å². The monoisotopic (exact) mass is 629 g/mol. The smallest absolute Gasteiger partial charge is 0.326 e. The predicted octanol–water partition coefficient (Wildman–Crippen LogP) is 4.47. The number of hydrogen-bond donors (Lipinski definition) is 2. The molecule has 1 fully saturated rings. The first-order valence-corrected chi connectivity index (χ1v) is 15.1. The maximum Gasteiger partial charge on any atom is 0.326 e. The van der Waals surface area contributed by atoms with E-state index in [9.17, 15) is 28.3 Å². The first-order chi connectivity index (χ1) is 22.2. The van der Waals surface area contributed by atoms with Gasteiger partial charge in [-0.3, -0.25) is 9.59 Å². The Bertz CT molecular complexity index is 1830. The Morgan fingerprint density at radius 2 is 1.83 bits per heavy atom. The first kappa shape index (κ1) is 30.9. The molecule has 1 aromatic heterocycles. The predicted molar refractivity (Wildman–Crippen MR) is 165 cm³/mol. The van der Waals surface area contributed by atoms with E-state index in [1.165, 1.54) is 28.8 Å². The molecule has 12 heteroatoms. The Morgan fingerprint density at radius 1 is 1.04 bits per heavy atom. The van der Waals surface area contributed by atoms with Gasteiger partial charge in [0.15, 0.2) is 0 Å². The van der Waals surface area contributed by atoms with Crippen LogP contribution < -0.4 is 10.5 Å².